The van der Waals surface area contributed by atoms with Crippen LogP contribution in [0.4, 0.5) is 0 Å². The van der Waals surface area contributed by atoms with Crippen molar-refractivity contribution in [2.45, 2.75) is 0 Å². The standard InChI is InChI=1S/C50H32O/c1-2-14-36(32-15-5-3-6-16-32)35-26-27-43-45(31-35)47(34-18-7-4-8-19-34)38-21-11-12-22-39(38)48(43)42-29-30-46-49-40(42)23-13-24-41(49)44-28-25-33-17-9-10-20-37(33)50(44)51-46/h2-31H,1H2/b36-14-/i3D,4D,5D,6D,7D,8D,15D,16D,18D,19D. The van der Waals surface area contributed by atoms with Gasteiger partial charge in [0.15, 0.2) is 0 Å². The maximum absolute atomic E-state index is 9.18. The molecule has 1 heterocycles. The SMILES string of the molecule is [2H]c1c([2H])c([2H])c(/C(=C/C=C)c2ccc3c(-c4ccc5c6c(cccc46)-c4ccc6ccccc6c4O5)c4ccccc4c(-c4c([2H])c([2H])c([2H])c([2H])c4[2H])c3c2)c([2H])c1[2H]. The Morgan fingerprint density at radius 1 is 0.529 bits per heavy atom. The topological polar surface area (TPSA) is 9.23 Å². The van der Waals surface area contributed by atoms with Gasteiger partial charge < -0.3 is 4.74 Å². The minimum absolute atomic E-state index is 0.0158. The minimum Gasteiger partial charge on any atom is -0.455 e. The van der Waals surface area contributed by atoms with Gasteiger partial charge in [-0.15, -0.1) is 0 Å². The lowest BCUT2D eigenvalue weighted by Gasteiger charge is -2.25. The van der Waals surface area contributed by atoms with E-state index in [9.17, 15) is 2.74 Å². The smallest absolute Gasteiger partial charge is 0.143 e. The van der Waals surface area contributed by atoms with Gasteiger partial charge in [0.2, 0.25) is 0 Å². The van der Waals surface area contributed by atoms with Crippen molar-refractivity contribution >= 4 is 48.7 Å². The molecule has 0 unspecified atom stereocenters. The van der Waals surface area contributed by atoms with E-state index in [4.69, 9.17) is 15.7 Å². The van der Waals surface area contributed by atoms with Crippen molar-refractivity contribution in [1.82, 2.24) is 0 Å². The number of fused-ring (bicyclic) bond motifs is 6. The quantitative estimate of drug-likeness (QED) is 0.132. The molecule has 1 nitrogen and oxygen atoms in total. The minimum atomic E-state index is -0.516. The normalized spacial score (nSPS) is 15.0. The Bertz CT molecular complexity index is 3420. The monoisotopic (exact) mass is 658 g/mol. The summed E-state index contributed by atoms with van der Waals surface area (Å²) in [6.45, 7) is 3.88. The Morgan fingerprint density at radius 3 is 2.02 bits per heavy atom. The first kappa shape index (κ1) is 20.7. The van der Waals surface area contributed by atoms with Crippen molar-refractivity contribution in [2.75, 3.05) is 0 Å². The summed E-state index contributed by atoms with van der Waals surface area (Å²) in [5.74, 6) is 1.50. The number of hydrogen-bond donors (Lipinski definition) is 0. The Kier molecular flexibility index (Phi) is 4.76. The summed E-state index contributed by atoms with van der Waals surface area (Å²) >= 11 is 0. The number of ether oxygens (including phenoxy) is 1. The first-order valence-corrected chi connectivity index (χ1v) is 16.6. The highest BCUT2D eigenvalue weighted by Crippen LogP contribution is 2.53. The van der Waals surface area contributed by atoms with Crippen LogP contribution in [0.1, 0.15) is 24.8 Å². The van der Waals surface area contributed by atoms with Crippen LogP contribution in [-0.4, -0.2) is 0 Å². The highest BCUT2D eigenvalue weighted by Gasteiger charge is 2.25. The van der Waals surface area contributed by atoms with Crippen LogP contribution in [0.25, 0.3) is 82.0 Å². The maximum Gasteiger partial charge on any atom is 0.143 e. The molecule has 0 spiro atoms. The number of hydrogen-bond acceptors (Lipinski definition) is 1. The predicted octanol–water partition coefficient (Wildman–Crippen LogP) is 14.0. The fourth-order valence-electron chi connectivity index (χ4n) is 7.68. The van der Waals surface area contributed by atoms with Crippen molar-refractivity contribution in [1.29, 1.82) is 0 Å². The van der Waals surface area contributed by atoms with E-state index in [2.05, 4.69) is 43.0 Å². The molecule has 0 N–H and O–H groups in total. The molecular formula is C50H32O. The first-order chi connectivity index (χ1) is 29.4. The third-order valence-electron chi connectivity index (χ3n) is 9.79. The molecule has 9 aromatic rings. The Balaban J connectivity index is 1.34. The summed E-state index contributed by atoms with van der Waals surface area (Å²) in [4.78, 5) is 0. The van der Waals surface area contributed by atoms with Gasteiger partial charge in [0.05, 0.1) is 13.7 Å². The second-order valence-corrected chi connectivity index (χ2v) is 12.5. The van der Waals surface area contributed by atoms with E-state index in [0.717, 1.165) is 54.9 Å². The lowest BCUT2D eigenvalue weighted by atomic mass is 9.82. The summed E-state index contributed by atoms with van der Waals surface area (Å²) in [6.07, 6.45) is 3.08. The van der Waals surface area contributed by atoms with Gasteiger partial charge in [-0.3, -0.25) is 0 Å². The summed E-state index contributed by atoms with van der Waals surface area (Å²) in [5, 5.41) is 6.58. The van der Waals surface area contributed by atoms with Gasteiger partial charge in [-0.2, -0.15) is 0 Å². The fourth-order valence-corrected chi connectivity index (χ4v) is 7.68. The van der Waals surface area contributed by atoms with Gasteiger partial charge in [0.1, 0.15) is 11.5 Å². The lowest BCUT2D eigenvalue weighted by Crippen LogP contribution is -1.99. The molecule has 0 fully saturated rings. The van der Waals surface area contributed by atoms with Gasteiger partial charge in [-0.05, 0) is 101 Å². The van der Waals surface area contributed by atoms with E-state index in [1.54, 1.807) is 6.08 Å². The zero-order valence-electron chi connectivity index (χ0n) is 37.2. The van der Waals surface area contributed by atoms with Crippen molar-refractivity contribution in [2.24, 2.45) is 0 Å². The third kappa shape index (κ3) is 4.56. The summed E-state index contributed by atoms with van der Waals surface area (Å²) in [6, 6.07) is 31.2. The highest BCUT2D eigenvalue weighted by atomic mass is 16.5. The molecule has 0 aliphatic carbocycles. The molecular weight excluding hydrogens is 617 g/mol. The molecule has 0 saturated heterocycles. The molecule has 0 aromatic heterocycles. The Hall–Kier alpha value is -6.70. The summed E-state index contributed by atoms with van der Waals surface area (Å²) in [5.41, 5.74) is 4.87. The van der Waals surface area contributed by atoms with Gasteiger partial charge in [0, 0.05) is 16.3 Å². The van der Waals surface area contributed by atoms with Crippen LogP contribution < -0.4 is 4.74 Å². The average Bonchev–Trinajstić information content (AvgIpc) is 3.28. The van der Waals surface area contributed by atoms with Crippen LogP contribution in [0, 0.1) is 0 Å². The molecule has 1 aliphatic rings. The molecule has 9 aromatic carbocycles. The Morgan fingerprint density at radius 2 is 1.22 bits per heavy atom. The van der Waals surface area contributed by atoms with Crippen LogP contribution in [0.15, 0.2) is 188 Å². The van der Waals surface area contributed by atoms with Crippen LogP contribution in [0.2, 0.25) is 0 Å². The largest absolute Gasteiger partial charge is 0.455 e. The lowest BCUT2D eigenvalue weighted by molar-refractivity contribution is 0.493. The van der Waals surface area contributed by atoms with Gasteiger partial charge in [-0.1, -0.05) is 164 Å². The van der Waals surface area contributed by atoms with E-state index in [-0.39, 0.29) is 35.3 Å². The molecule has 0 saturated carbocycles. The van der Waals surface area contributed by atoms with Crippen molar-refractivity contribution in [3.8, 4) is 44.9 Å². The molecule has 0 bridgehead atoms. The van der Waals surface area contributed by atoms with Gasteiger partial charge >= 0.3 is 0 Å². The van der Waals surface area contributed by atoms with E-state index < -0.39 is 36.3 Å². The summed E-state index contributed by atoms with van der Waals surface area (Å²) < 4.78 is 93.7. The molecule has 0 amide bonds. The van der Waals surface area contributed by atoms with Gasteiger partial charge in [-0.25, -0.2) is 0 Å². The van der Waals surface area contributed by atoms with Crippen LogP contribution in [-0.2, 0) is 0 Å². The van der Waals surface area contributed by atoms with Crippen molar-refractivity contribution < 1.29 is 18.4 Å². The van der Waals surface area contributed by atoms with Crippen LogP contribution in [0.3, 0.4) is 0 Å². The fraction of sp³-hybridized carbons (Fsp3) is 0. The molecule has 238 valence electrons. The van der Waals surface area contributed by atoms with E-state index in [0.29, 0.717) is 38.6 Å². The third-order valence-corrected chi connectivity index (χ3v) is 9.79. The number of rotatable bonds is 5. The maximum atomic E-state index is 9.18. The molecule has 1 heteroatoms. The summed E-state index contributed by atoms with van der Waals surface area (Å²) in [7, 11) is 0. The van der Waals surface area contributed by atoms with E-state index in [1.165, 1.54) is 6.08 Å². The second kappa shape index (κ2) is 11.7. The van der Waals surface area contributed by atoms with E-state index in [1.807, 2.05) is 72.8 Å². The van der Waals surface area contributed by atoms with Gasteiger partial charge in [0.25, 0.3) is 0 Å². The number of allylic oxidation sites excluding steroid dienone is 2. The molecule has 10 rings (SSSR count). The second-order valence-electron chi connectivity index (χ2n) is 12.5. The first-order valence-electron chi connectivity index (χ1n) is 21.6. The van der Waals surface area contributed by atoms with E-state index >= 15 is 0 Å². The zero-order chi connectivity index (χ0) is 42.6. The predicted molar refractivity (Wildman–Crippen MR) is 217 cm³/mol. The Labute approximate surface area is 311 Å². The van der Waals surface area contributed by atoms with Crippen LogP contribution >= 0.6 is 0 Å². The zero-order valence-corrected chi connectivity index (χ0v) is 27.2. The highest BCUT2D eigenvalue weighted by molar-refractivity contribution is 6.25. The van der Waals surface area contributed by atoms with Crippen LogP contribution in [0.5, 0.6) is 11.5 Å². The molecule has 0 atom stereocenters. The molecule has 1 aliphatic heterocycles. The van der Waals surface area contributed by atoms with Crippen molar-refractivity contribution in [3.05, 3.63) is 199 Å². The van der Waals surface area contributed by atoms with Crippen molar-refractivity contribution in [3.63, 3.8) is 0 Å². The average molecular weight is 659 g/mol. The molecule has 51 heavy (non-hydrogen) atoms. The number of benzene rings is 9. The molecule has 0 radical (unpaired) electrons.